The van der Waals surface area contributed by atoms with Crippen molar-refractivity contribution >= 4 is 26.1 Å². The van der Waals surface area contributed by atoms with E-state index in [9.17, 15) is 8.42 Å². The van der Waals surface area contributed by atoms with Crippen molar-refractivity contribution in [3.8, 4) is 0 Å². The van der Waals surface area contributed by atoms with Crippen molar-refractivity contribution in [2.24, 2.45) is 0 Å². The number of nitrogens with one attached hydrogen (secondary N) is 1. The maximum atomic E-state index is 10.9. The molecule has 10 heavy (non-hydrogen) atoms. The molecule has 0 aliphatic rings. The van der Waals surface area contributed by atoms with Crippen LogP contribution in [0.25, 0.3) is 0 Å². The Kier molecular flexibility index (Phi) is 4.42. The zero-order chi connectivity index (χ0) is 8.20. The molecule has 0 amide bonds. The third kappa shape index (κ3) is 3.50. The number of rotatable bonds is 4. The lowest BCUT2D eigenvalue weighted by Crippen LogP contribution is -2.34. The number of alkyl halides is 1. The smallest absolute Gasteiger partial charge is 0.197 e. The van der Waals surface area contributed by atoms with E-state index in [2.05, 4.69) is 20.7 Å². The number of nitrogens with zero attached hydrogens (tertiary/aromatic N) is 1. The van der Waals surface area contributed by atoms with Crippen molar-refractivity contribution in [3.05, 3.63) is 6.54 Å². The zero-order valence-corrected chi connectivity index (χ0v) is 8.24. The molecule has 1 N–H and O–H groups in total. The van der Waals surface area contributed by atoms with Gasteiger partial charge in [0.2, 0.25) is 0 Å². The molecule has 0 saturated carbocycles. The first-order valence-corrected chi connectivity index (χ1v) is 5.14. The van der Waals surface area contributed by atoms with Crippen molar-refractivity contribution in [2.75, 3.05) is 19.4 Å². The highest BCUT2D eigenvalue weighted by Gasteiger charge is 2.10. The summed E-state index contributed by atoms with van der Waals surface area (Å²) in [5.41, 5.74) is 0. The highest BCUT2D eigenvalue weighted by molar-refractivity contribution is 9.09. The van der Waals surface area contributed by atoms with Gasteiger partial charge in [0.25, 0.3) is 10.2 Å². The molecule has 61 valence electrons. The zero-order valence-electron chi connectivity index (χ0n) is 5.83. The molecule has 0 atom stereocenters. The summed E-state index contributed by atoms with van der Waals surface area (Å²) in [5, 5.41) is 0.500. The van der Waals surface area contributed by atoms with Crippen LogP contribution in [0.2, 0.25) is 0 Å². The first-order valence-electron chi connectivity index (χ1n) is 2.58. The predicted octanol–water partition coefficient (Wildman–Crippen LogP) is -0.0609. The van der Waals surface area contributed by atoms with Gasteiger partial charge in [0.15, 0.2) is 0 Å². The van der Waals surface area contributed by atoms with Crippen LogP contribution in [0.1, 0.15) is 0 Å². The summed E-state index contributed by atoms with van der Waals surface area (Å²) in [6.07, 6.45) is 0. The normalized spacial score (nSPS) is 12.4. The van der Waals surface area contributed by atoms with Crippen LogP contribution in [0, 0.1) is 6.54 Å². The summed E-state index contributed by atoms with van der Waals surface area (Å²) in [6.45, 7) is 1.41. The number of halogens is 1. The standard InChI is InChI=1S/C4H10BrN2O2S/c1-7(2)10(8,9)6-4-3-5/h4,6H,3H2,1-2H3. The second-order valence-corrected chi connectivity index (χ2v) is 4.33. The average Bonchev–Trinajstić information content (AvgIpc) is 1.84. The lowest BCUT2D eigenvalue weighted by Gasteiger charge is -2.10. The van der Waals surface area contributed by atoms with Gasteiger partial charge in [0.1, 0.15) is 0 Å². The van der Waals surface area contributed by atoms with Gasteiger partial charge in [0, 0.05) is 26.0 Å². The molecule has 0 aromatic rings. The van der Waals surface area contributed by atoms with Gasteiger partial charge in [-0.3, -0.25) is 0 Å². The fraction of sp³-hybridized carbons (Fsp3) is 0.750. The molecule has 0 aromatic heterocycles. The molecule has 0 spiro atoms. The summed E-state index contributed by atoms with van der Waals surface area (Å²) in [6, 6.07) is 0. The van der Waals surface area contributed by atoms with Gasteiger partial charge in [-0.1, -0.05) is 15.9 Å². The first-order chi connectivity index (χ1) is 4.50. The molecule has 0 unspecified atom stereocenters. The minimum Gasteiger partial charge on any atom is -0.197 e. The van der Waals surface area contributed by atoms with Gasteiger partial charge in [-0.15, -0.1) is 0 Å². The van der Waals surface area contributed by atoms with Crippen LogP contribution in [-0.4, -0.2) is 32.1 Å². The number of hydrogen-bond donors (Lipinski definition) is 1. The molecular formula is C4H10BrN2O2S. The molecular weight excluding hydrogens is 220 g/mol. The van der Waals surface area contributed by atoms with E-state index in [-0.39, 0.29) is 0 Å². The highest BCUT2D eigenvalue weighted by Crippen LogP contribution is 1.90. The molecule has 0 fully saturated rings. The van der Waals surface area contributed by atoms with Gasteiger partial charge in [-0.25, -0.2) is 0 Å². The Morgan fingerprint density at radius 3 is 2.40 bits per heavy atom. The van der Waals surface area contributed by atoms with Crippen molar-refractivity contribution in [1.82, 2.24) is 9.03 Å². The maximum absolute atomic E-state index is 10.9. The van der Waals surface area contributed by atoms with Gasteiger partial charge < -0.3 is 0 Å². The Hall–Kier alpha value is 0.350. The molecule has 1 radical (unpaired) electrons. The molecule has 0 heterocycles. The van der Waals surface area contributed by atoms with Crippen molar-refractivity contribution in [2.45, 2.75) is 0 Å². The Morgan fingerprint density at radius 2 is 2.10 bits per heavy atom. The first kappa shape index (κ1) is 10.3. The van der Waals surface area contributed by atoms with Crippen LogP contribution in [0.5, 0.6) is 0 Å². The Morgan fingerprint density at radius 1 is 1.60 bits per heavy atom. The van der Waals surface area contributed by atoms with Crippen molar-refractivity contribution in [3.63, 3.8) is 0 Å². The average molecular weight is 230 g/mol. The van der Waals surface area contributed by atoms with E-state index >= 15 is 0 Å². The van der Waals surface area contributed by atoms with E-state index in [0.717, 1.165) is 4.31 Å². The fourth-order valence-electron chi connectivity index (χ4n) is 0.242. The second-order valence-electron chi connectivity index (χ2n) is 1.76. The summed E-state index contributed by atoms with van der Waals surface area (Å²) >= 11 is 3.05. The van der Waals surface area contributed by atoms with Crippen molar-refractivity contribution in [1.29, 1.82) is 0 Å². The second kappa shape index (κ2) is 4.27. The topological polar surface area (TPSA) is 49.4 Å². The number of hydrogen-bond acceptors (Lipinski definition) is 2. The Bertz CT molecular complexity index is 178. The molecule has 0 aromatic carbocycles. The predicted molar refractivity (Wildman–Crippen MR) is 43.8 cm³/mol. The maximum Gasteiger partial charge on any atom is 0.279 e. The van der Waals surface area contributed by atoms with E-state index in [4.69, 9.17) is 0 Å². The van der Waals surface area contributed by atoms with Crippen molar-refractivity contribution < 1.29 is 8.42 Å². The van der Waals surface area contributed by atoms with Crippen LogP contribution < -0.4 is 4.72 Å². The van der Waals surface area contributed by atoms with Crippen LogP contribution >= 0.6 is 15.9 Å². The molecule has 0 aliphatic heterocycles. The molecule has 6 heteroatoms. The fourth-order valence-corrected chi connectivity index (χ4v) is 1.12. The Labute approximate surface area is 69.9 Å². The Balaban J connectivity index is 3.90. The largest absolute Gasteiger partial charge is 0.279 e. The van der Waals surface area contributed by atoms with E-state index in [1.165, 1.54) is 20.6 Å². The third-order valence-electron chi connectivity index (χ3n) is 0.790. The van der Waals surface area contributed by atoms with Crippen LogP contribution in [0.4, 0.5) is 0 Å². The summed E-state index contributed by atoms with van der Waals surface area (Å²) in [4.78, 5) is 0. The molecule has 0 bridgehead atoms. The SMILES string of the molecule is CN(C)S(=O)(=O)N[CH]CBr. The summed E-state index contributed by atoms with van der Waals surface area (Å²) < 4.78 is 25.0. The minimum atomic E-state index is -3.26. The van der Waals surface area contributed by atoms with E-state index in [0.29, 0.717) is 5.33 Å². The third-order valence-corrected chi connectivity index (χ3v) is 2.54. The molecule has 0 rings (SSSR count). The van der Waals surface area contributed by atoms with Crippen LogP contribution in [0.15, 0.2) is 0 Å². The summed E-state index contributed by atoms with van der Waals surface area (Å²) in [5.74, 6) is 0. The van der Waals surface area contributed by atoms with E-state index in [1.807, 2.05) is 0 Å². The lowest BCUT2D eigenvalue weighted by atomic mass is 10.8. The molecule has 4 nitrogen and oxygen atoms in total. The van der Waals surface area contributed by atoms with Gasteiger partial charge in [-0.2, -0.15) is 17.4 Å². The lowest BCUT2D eigenvalue weighted by molar-refractivity contribution is 0.512. The van der Waals surface area contributed by atoms with Gasteiger partial charge >= 0.3 is 0 Å². The van der Waals surface area contributed by atoms with Gasteiger partial charge in [0.05, 0.1) is 0 Å². The molecule has 0 saturated heterocycles. The van der Waals surface area contributed by atoms with Crippen LogP contribution in [0.3, 0.4) is 0 Å². The van der Waals surface area contributed by atoms with E-state index in [1.54, 1.807) is 0 Å². The quantitative estimate of drug-likeness (QED) is 0.688. The monoisotopic (exact) mass is 229 g/mol. The summed E-state index contributed by atoms with van der Waals surface area (Å²) in [7, 11) is -0.337. The van der Waals surface area contributed by atoms with E-state index < -0.39 is 10.2 Å². The van der Waals surface area contributed by atoms with Gasteiger partial charge in [-0.05, 0) is 0 Å². The minimum absolute atomic E-state index is 0.500. The van der Waals surface area contributed by atoms with Crippen LogP contribution in [-0.2, 0) is 10.2 Å². The highest BCUT2D eigenvalue weighted by atomic mass is 79.9. The molecule has 0 aliphatic carbocycles.